The molecule has 0 spiro atoms. The second-order valence-corrected chi connectivity index (χ2v) is 5.39. The third-order valence-corrected chi connectivity index (χ3v) is 3.86. The average Bonchev–Trinajstić information content (AvgIpc) is 2.24. The fourth-order valence-electron chi connectivity index (χ4n) is 2.91. The number of hydrogen-bond donors (Lipinski definition) is 0. The van der Waals surface area contributed by atoms with E-state index in [1.165, 1.54) is 38.5 Å². The van der Waals surface area contributed by atoms with Crippen LogP contribution in [0.4, 0.5) is 0 Å². The second-order valence-electron chi connectivity index (χ2n) is 5.39. The van der Waals surface area contributed by atoms with Crippen LogP contribution in [0.1, 0.15) is 78.1 Å². The summed E-state index contributed by atoms with van der Waals surface area (Å²) in [5, 5.41) is 12.5. The van der Waals surface area contributed by atoms with Crippen LogP contribution in [0.2, 0.25) is 0 Å². The summed E-state index contributed by atoms with van der Waals surface area (Å²) < 4.78 is 0. The molecular weight excluding hydrogens is 184 g/mol. The Morgan fingerprint density at radius 2 is 1.93 bits per heavy atom. The Labute approximate surface area is 95.3 Å². The van der Waals surface area contributed by atoms with Crippen molar-refractivity contribution in [3.63, 3.8) is 0 Å². The molecule has 1 saturated carbocycles. The molecule has 0 aromatic heterocycles. The zero-order valence-corrected chi connectivity index (χ0v) is 10.6. The van der Waals surface area contributed by atoms with E-state index in [9.17, 15) is 5.11 Å². The average molecular weight is 211 g/mol. The maximum atomic E-state index is 12.5. The van der Waals surface area contributed by atoms with Crippen molar-refractivity contribution in [2.45, 2.75) is 83.7 Å². The van der Waals surface area contributed by atoms with Crippen molar-refractivity contribution in [2.24, 2.45) is 5.92 Å². The first-order valence-corrected chi connectivity index (χ1v) is 6.90. The van der Waals surface area contributed by atoms with E-state index in [-0.39, 0.29) is 0 Å². The molecule has 0 aromatic carbocycles. The molecule has 1 nitrogen and oxygen atoms in total. The van der Waals surface area contributed by atoms with Gasteiger partial charge in [-0.15, -0.1) is 0 Å². The summed E-state index contributed by atoms with van der Waals surface area (Å²) in [6, 6.07) is 0. The van der Waals surface area contributed by atoms with Gasteiger partial charge in [-0.1, -0.05) is 58.8 Å². The van der Waals surface area contributed by atoms with Crippen LogP contribution in [0, 0.1) is 5.92 Å². The van der Waals surface area contributed by atoms with Crippen molar-refractivity contribution >= 4 is 0 Å². The van der Waals surface area contributed by atoms with Crippen molar-refractivity contribution in [1.29, 1.82) is 0 Å². The van der Waals surface area contributed by atoms with Crippen LogP contribution >= 0.6 is 0 Å². The number of hydrogen-bond acceptors (Lipinski definition) is 0. The monoisotopic (exact) mass is 211 g/mol. The molecule has 2 atom stereocenters. The number of rotatable bonds is 6. The quantitative estimate of drug-likeness (QED) is 0.605. The molecular formula is C14H27O. The fraction of sp³-hybridized carbons (Fsp3) is 1.00. The Kier molecular flexibility index (Phi) is 5.66. The van der Waals surface area contributed by atoms with Gasteiger partial charge in [0, 0.05) is 0 Å². The van der Waals surface area contributed by atoms with Gasteiger partial charge in [0.2, 0.25) is 0 Å². The molecule has 1 heteroatoms. The largest absolute Gasteiger partial charge is 0.229 e. The minimum atomic E-state index is -0.549. The maximum Gasteiger partial charge on any atom is 0.104 e. The van der Waals surface area contributed by atoms with Gasteiger partial charge >= 0.3 is 0 Å². The molecule has 0 aliphatic heterocycles. The van der Waals surface area contributed by atoms with Gasteiger partial charge in [-0.3, -0.25) is 0 Å². The molecule has 0 amide bonds. The Hall–Kier alpha value is -0.0400. The highest BCUT2D eigenvalue weighted by Crippen LogP contribution is 2.38. The molecule has 1 rings (SSSR count). The maximum absolute atomic E-state index is 12.5. The summed E-state index contributed by atoms with van der Waals surface area (Å²) in [6.07, 6.45) is 11.5. The van der Waals surface area contributed by atoms with Crippen LogP contribution in [-0.2, 0) is 5.11 Å². The van der Waals surface area contributed by atoms with Crippen LogP contribution < -0.4 is 0 Å². The molecule has 0 N–H and O–H groups in total. The number of unbranched alkanes of at least 4 members (excludes halogenated alkanes) is 2. The van der Waals surface area contributed by atoms with Crippen molar-refractivity contribution < 1.29 is 5.11 Å². The molecule has 1 aliphatic carbocycles. The molecule has 0 aromatic rings. The molecule has 1 fully saturated rings. The minimum absolute atomic E-state index is 0.549. The topological polar surface area (TPSA) is 19.9 Å². The highest BCUT2D eigenvalue weighted by Gasteiger charge is 2.34. The summed E-state index contributed by atoms with van der Waals surface area (Å²) in [6.45, 7) is 4.42. The van der Waals surface area contributed by atoms with Gasteiger partial charge in [-0.05, 0) is 25.2 Å². The van der Waals surface area contributed by atoms with Gasteiger partial charge in [0.15, 0.2) is 0 Å². The van der Waals surface area contributed by atoms with E-state index in [2.05, 4.69) is 13.8 Å². The van der Waals surface area contributed by atoms with E-state index in [0.717, 1.165) is 31.6 Å². The van der Waals surface area contributed by atoms with Gasteiger partial charge in [-0.2, -0.15) is 0 Å². The lowest BCUT2D eigenvalue weighted by Crippen LogP contribution is -2.33. The normalized spacial score (nSPS) is 31.8. The predicted octanol–water partition coefficient (Wildman–Crippen LogP) is 4.73. The zero-order chi connectivity index (χ0) is 11.1. The summed E-state index contributed by atoms with van der Waals surface area (Å²) in [7, 11) is 0. The summed E-state index contributed by atoms with van der Waals surface area (Å²) in [5.41, 5.74) is -0.549. The first kappa shape index (κ1) is 13.0. The van der Waals surface area contributed by atoms with E-state index in [4.69, 9.17) is 0 Å². The van der Waals surface area contributed by atoms with E-state index in [1.54, 1.807) is 0 Å². The Bertz CT molecular complexity index is 167. The fourth-order valence-corrected chi connectivity index (χ4v) is 2.91. The molecule has 1 aliphatic rings. The van der Waals surface area contributed by atoms with Crippen molar-refractivity contribution in [3.05, 3.63) is 0 Å². The molecule has 0 saturated heterocycles. The van der Waals surface area contributed by atoms with Crippen LogP contribution in [0.3, 0.4) is 0 Å². The van der Waals surface area contributed by atoms with Crippen LogP contribution in [0.5, 0.6) is 0 Å². The standard InChI is InChI=1S/C14H27O/c1-3-5-8-13-9-7-11-14(15,12-13)10-6-4-2/h13H,3-12H2,1-2H3. The van der Waals surface area contributed by atoms with Gasteiger partial charge in [0.05, 0.1) is 0 Å². The van der Waals surface area contributed by atoms with Crippen molar-refractivity contribution in [1.82, 2.24) is 0 Å². The molecule has 1 radical (unpaired) electrons. The third-order valence-electron chi connectivity index (χ3n) is 3.86. The molecule has 0 bridgehead atoms. The SMILES string of the molecule is CCCCC1CCCC([O])(CCCC)C1. The zero-order valence-electron chi connectivity index (χ0n) is 10.6. The summed E-state index contributed by atoms with van der Waals surface area (Å²) in [4.78, 5) is 0. The molecule has 89 valence electrons. The second kappa shape index (κ2) is 6.52. The predicted molar refractivity (Wildman–Crippen MR) is 64.4 cm³/mol. The smallest absolute Gasteiger partial charge is 0.104 e. The molecule has 0 heterocycles. The Morgan fingerprint density at radius 3 is 2.60 bits per heavy atom. The van der Waals surface area contributed by atoms with Crippen molar-refractivity contribution in [3.8, 4) is 0 Å². The lowest BCUT2D eigenvalue weighted by atomic mass is 9.74. The Balaban J connectivity index is 2.32. The summed E-state index contributed by atoms with van der Waals surface area (Å²) >= 11 is 0. The highest BCUT2D eigenvalue weighted by molar-refractivity contribution is 4.85. The van der Waals surface area contributed by atoms with Gasteiger partial charge in [0.1, 0.15) is 5.60 Å². The van der Waals surface area contributed by atoms with Gasteiger partial charge < -0.3 is 0 Å². The van der Waals surface area contributed by atoms with Crippen molar-refractivity contribution in [2.75, 3.05) is 0 Å². The third kappa shape index (κ3) is 4.55. The first-order chi connectivity index (χ1) is 7.20. The first-order valence-electron chi connectivity index (χ1n) is 6.90. The van der Waals surface area contributed by atoms with E-state index in [1.807, 2.05) is 0 Å². The van der Waals surface area contributed by atoms with Crippen LogP contribution in [0.25, 0.3) is 0 Å². The van der Waals surface area contributed by atoms with E-state index >= 15 is 0 Å². The highest BCUT2D eigenvalue weighted by atomic mass is 16.3. The van der Waals surface area contributed by atoms with Crippen LogP contribution in [0.15, 0.2) is 0 Å². The molecule has 15 heavy (non-hydrogen) atoms. The van der Waals surface area contributed by atoms with Gasteiger partial charge in [-0.25, -0.2) is 5.11 Å². The van der Waals surface area contributed by atoms with Crippen LogP contribution in [-0.4, -0.2) is 5.60 Å². The van der Waals surface area contributed by atoms with E-state index in [0.29, 0.717) is 0 Å². The minimum Gasteiger partial charge on any atom is -0.229 e. The lowest BCUT2D eigenvalue weighted by Gasteiger charge is -2.35. The van der Waals surface area contributed by atoms with Gasteiger partial charge in [0.25, 0.3) is 0 Å². The lowest BCUT2D eigenvalue weighted by molar-refractivity contribution is -0.0815. The Morgan fingerprint density at radius 1 is 1.20 bits per heavy atom. The molecule has 2 unspecified atom stereocenters. The summed E-state index contributed by atoms with van der Waals surface area (Å²) in [5.74, 6) is 0.744. The van der Waals surface area contributed by atoms with E-state index < -0.39 is 5.60 Å².